The zero-order valence-corrected chi connectivity index (χ0v) is 18.5. The van der Waals surface area contributed by atoms with Crippen LogP contribution < -0.4 is 9.64 Å². The van der Waals surface area contributed by atoms with Gasteiger partial charge in [-0.05, 0) is 55.0 Å². The molecule has 1 atom stereocenters. The Hall–Kier alpha value is -3.91. The maximum Gasteiger partial charge on any atom is 0.300 e. The van der Waals surface area contributed by atoms with Crippen molar-refractivity contribution >= 4 is 34.7 Å². The summed E-state index contributed by atoms with van der Waals surface area (Å²) in [5, 5.41) is 20.9. The first kappa shape index (κ1) is 23.3. The molecule has 0 bridgehead atoms. The standard InChI is InChI=1S/C25H18ClF2NO5/c1-2-34-16-8-9-18(26)17(12-16)23(31)21-22(13-3-6-15(30)7-4-13)29(25(33)24(21)32)20-11-14(27)5-10-19(20)28/h3-12,22,30-31H,2H2,1H3/b23-21+. The van der Waals surface area contributed by atoms with E-state index >= 15 is 0 Å². The van der Waals surface area contributed by atoms with E-state index in [9.17, 15) is 28.6 Å². The molecular formula is C25H18ClF2NO5. The Morgan fingerprint density at radius 1 is 1.06 bits per heavy atom. The lowest BCUT2D eigenvalue weighted by molar-refractivity contribution is -0.132. The number of aromatic hydroxyl groups is 1. The lowest BCUT2D eigenvalue weighted by Crippen LogP contribution is -2.30. The van der Waals surface area contributed by atoms with Crippen LogP contribution in [0.15, 0.2) is 66.2 Å². The Bertz CT molecular complexity index is 1320. The summed E-state index contributed by atoms with van der Waals surface area (Å²) in [5.41, 5.74) is -0.573. The first-order chi connectivity index (χ1) is 16.2. The number of Topliss-reactive ketones (excluding diaryl/α,β-unsaturated/α-hetero) is 1. The largest absolute Gasteiger partial charge is 0.508 e. The third kappa shape index (κ3) is 4.08. The van der Waals surface area contributed by atoms with Crippen molar-refractivity contribution in [3.8, 4) is 11.5 Å². The maximum atomic E-state index is 14.7. The molecule has 0 aromatic heterocycles. The number of benzene rings is 3. The van der Waals surface area contributed by atoms with Crippen LogP contribution in [0.25, 0.3) is 5.76 Å². The molecule has 1 fully saturated rings. The number of aliphatic hydroxyl groups excluding tert-OH is 1. The van der Waals surface area contributed by atoms with Crippen molar-refractivity contribution in [2.75, 3.05) is 11.5 Å². The van der Waals surface area contributed by atoms with Crippen LogP contribution in [0.1, 0.15) is 24.1 Å². The number of phenols is 1. The van der Waals surface area contributed by atoms with Crippen molar-refractivity contribution in [3.05, 3.63) is 94.0 Å². The average Bonchev–Trinajstić information content (AvgIpc) is 3.07. The van der Waals surface area contributed by atoms with E-state index in [1.54, 1.807) is 13.0 Å². The van der Waals surface area contributed by atoms with Gasteiger partial charge in [0.2, 0.25) is 0 Å². The van der Waals surface area contributed by atoms with E-state index in [-0.39, 0.29) is 27.5 Å². The molecule has 1 amide bonds. The second kappa shape index (κ2) is 9.15. The van der Waals surface area contributed by atoms with Gasteiger partial charge in [0.05, 0.1) is 28.9 Å². The SMILES string of the molecule is CCOc1ccc(Cl)c(/C(O)=C2\C(=O)C(=O)N(c3cc(F)ccc3F)C2c2ccc(O)cc2)c1. The summed E-state index contributed by atoms with van der Waals surface area (Å²) in [6, 6.07) is 11.0. The van der Waals surface area contributed by atoms with Crippen LogP contribution in [0.5, 0.6) is 11.5 Å². The molecule has 1 aliphatic heterocycles. The monoisotopic (exact) mass is 485 g/mol. The lowest BCUT2D eigenvalue weighted by atomic mass is 9.95. The van der Waals surface area contributed by atoms with Gasteiger partial charge < -0.3 is 14.9 Å². The van der Waals surface area contributed by atoms with E-state index in [4.69, 9.17) is 16.3 Å². The van der Waals surface area contributed by atoms with Gasteiger partial charge in [-0.25, -0.2) is 8.78 Å². The number of aliphatic hydroxyl groups is 1. The number of ether oxygens (including phenoxy) is 1. The van der Waals surface area contributed by atoms with Crippen molar-refractivity contribution in [1.82, 2.24) is 0 Å². The number of hydrogen-bond donors (Lipinski definition) is 2. The second-order valence-corrected chi connectivity index (χ2v) is 7.84. The lowest BCUT2D eigenvalue weighted by Gasteiger charge is -2.26. The number of halogens is 3. The summed E-state index contributed by atoms with van der Waals surface area (Å²) in [6.45, 7) is 2.09. The number of carbonyl (C=O) groups excluding carboxylic acids is 2. The summed E-state index contributed by atoms with van der Waals surface area (Å²) in [5.74, 6) is -4.38. The minimum atomic E-state index is -1.33. The summed E-state index contributed by atoms with van der Waals surface area (Å²) in [6.07, 6.45) is 0. The molecule has 1 saturated heterocycles. The molecule has 34 heavy (non-hydrogen) atoms. The molecule has 3 aromatic rings. The summed E-state index contributed by atoms with van der Waals surface area (Å²) in [7, 11) is 0. The number of anilines is 1. The highest BCUT2D eigenvalue weighted by Crippen LogP contribution is 2.44. The Morgan fingerprint density at radius 3 is 2.44 bits per heavy atom. The molecule has 0 saturated carbocycles. The summed E-state index contributed by atoms with van der Waals surface area (Å²) in [4.78, 5) is 27.0. The Labute approximate surface area is 198 Å². The van der Waals surface area contributed by atoms with Crippen LogP contribution in [0.2, 0.25) is 5.02 Å². The molecule has 0 aliphatic carbocycles. The fourth-order valence-corrected chi connectivity index (χ4v) is 4.02. The first-order valence-electron chi connectivity index (χ1n) is 10.2. The molecule has 1 heterocycles. The molecule has 1 aliphatic rings. The van der Waals surface area contributed by atoms with Gasteiger partial charge in [-0.1, -0.05) is 23.7 Å². The van der Waals surface area contributed by atoms with Crippen LogP contribution >= 0.6 is 11.6 Å². The van der Waals surface area contributed by atoms with Crippen molar-refractivity contribution in [1.29, 1.82) is 0 Å². The Balaban J connectivity index is 1.98. The van der Waals surface area contributed by atoms with Gasteiger partial charge in [0.25, 0.3) is 11.7 Å². The van der Waals surface area contributed by atoms with Gasteiger partial charge in [-0.15, -0.1) is 0 Å². The second-order valence-electron chi connectivity index (χ2n) is 7.43. The van der Waals surface area contributed by atoms with E-state index < -0.39 is 40.8 Å². The Morgan fingerprint density at radius 2 is 1.76 bits per heavy atom. The van der Waals surface area contributed by atoms with E-state index in [2.05, 4.69) is 0 Å². The van der Waals surface area contributed by atoms with Crippen LogP contribution in [-0.2, 0) is 9.59 Å². The number of ketones is 1. The first-order valence-corrected chi connectivity index (χ1v) is 10.6. The molecule has 6 nitrogen and oxygen atoms in total. The van der Waals surface area contributed by atoms with Gasteiger partial charge in [0.1, 0.15) is 28.9 Å². The number of hydrogen-bond acceptors (Lipinski definition) is 5. The van der Waals surface area contributed by atoms with Crippen molar-refractivity contribution in [2.24, 2.45) is 0 Å². The summed E-state index contributed by atoms with van der Waals surface area (Å²) < 4.78 is 34.1. The predicted octanol–water partition coefficient (Wildman–Crippen LogP) is 5.35. The number of amides is 1. The molecular weight excluding hydrogens is 468 g/mol. The number of carbonyl (C=O) groups is 2. The fraction of sp³-hybridized carbons (Fsp3) is 0.120. The highest BCUT2D eigenvalue weighted by Gasteiger charge is 2.48. The van der Waals surface area contributed by atoms with Crippen LogP contribution in [0.3, 0.4) is 0 Å². The highest BCUT2D eigenvalue weighted by atomic mass is 35.5. The third-order valence-corrected chi connectivity index (χ3v) is 5.65. The van der Waals surface area contributed by atoms with Crippen LogP contribution in [-0.4, -0.2) is 28.5 Å². The number of rotatable bonds is 5. The highest BCUT2D eigenvalue weighted by molar-refractivity contribution is 6.52. The normalized spacial score (nSPS) is 17.3. The average molecular weight is 486 g/mol. The number of phenolic OH excluding ortho intramolecular Hbond substituents is 1. The minimum absolute atomic E-state index is 0.0223. The quantitative estimate of drug-likeness (QED) is 0.289. The molecule has 3 aromatic carbocycles. The summed E-state index contributed by atoms with van der Waals surface area (Å²) >= 11 is 6.27. The van der Waals surface area contributed by atoms with E-state index in [0.717, 1.165) is 23.1 Å². The minimum Gasteiger partial charge on any atom is -0.508 e. The van der Waals surface area contributed by atoms with E-state index in [1.807, 2.05) is 0 Å². The maximum absolute atomic E-state index is 14.7. The smallest absolute Gasteiger partial charge is 0.300 e. The topological polar surface area (TPSA) is 87.1 Å². The van der Waals surface area contributed by atoms with Crippen molar-refractivity contribution in [2.45, 2.75) is 13.0 Å². The van der Waals surface area contributed by atoms with Gasteiger partial charge in [-0.3, -0.25) is 14.5 Å². The number of nitrogens with zero attached hydrogens (tertiary/aromatic N) is 1. The molecule has 0 spiro atoms. The van der Waals surface area contributed by atoms with Gasteiger partial charge in [0.15, 0.2) is 0 Å². The molecule has 2 N–H and O–H groups in total. The zero-order chi connectivity index (χ0) is 24.6. The van der Waals surface area contributed by atoms with Crippen LogP contribution in [0.4, 0.5) is 14.5 Å². The molecule has 174 valence electrons. The molecule has 4 rings (SSSR count). The van der Waals surface area contributed by atoms with Gasteiger partial charge in [-0.2, -0.15) is 0 Å². The van der Waals surface area contributed by atoms with Gasteiger partial charge >= 0.3 is 0 Å². The fourth-order valence-electron chi connectivity index (χ4n) is 3.81. The molecule has 0 radical (unpaired) electrons. The van der Waals surface area contributed by atoms with Gasteiger partial charge in [0, 0.05) is 11.6 Å². The molecule has 9 heteroatoms. The zero-order valence-electron chi connectivity index (χ0n) is 17.8. The predicted molar refractivity (Wildman–Crippen MR) is 122 cm³/mol. The van der Waals surface area contributed by atoms with E-state index in [0.29, 0.717) is 12.4 Å². The third-order valence-electron chi connectivity index (χ3n) is 5.32. The van der Waals surface area contributed by atoms with Crippen molar-refractivity contribution in [3.63, 3.8) is 0 Å². The van der Waals surface area contributed by atoms with Crippen LogP contribution in [0, 0.1) is 11.6 Å². The Kier molecular flexibility index (Phi) is 6.26. The van der Waals surface area contributed by atoms with E-state index in [1.165, 1.54) is 36.4 Å². The molecule has 1 unspecified atom stereocenters. The van der Waals surface area contributed by atoms with Crippen molar-refractivity contribution < 1.29 is 33.3 Å².